The van der Waals surface area contributed by atoms with E-state index in [-0.39, 0.29) is 35.8 Å². The number of nitrogens with zero attached hydrogens (tertiary/aromatic N) is 1. The van der Waals surface area contributed by atoms with Gasteiger partial charge < -0.3 is 25.3 Å². The third-order valence-electron chi connectivity index (χ3n) is 8.26. The zero-order chi connectivity index (χ0) is 26.4. The molecule has 2 fully saturated rings. The Morgan fingerprint density at radius 1 is 1.24 bits per heavy atom. The Bertz CT molecular complexity index is 1160. The third kappa shape index (κ3) is 4.42. The molecule has 3 aliphatic heterocycles. The van der Waals surface area contributed by atoms with Gasteiger partial charge in [-0.2, -0.15) is 0 Å². The Balaban J connectivity index is 1.60. The zero-order valence-electron chi connectivity index (χ0n) is 21.7. The van der Waals surface area contributed by atoms with Crippen molar-refractivity contribution in [1.29, 1.82) is 0 Å². The van der Waals surface area contributed by atoms with E-state index >= 15 is 0 Å². The summed E-state index contributed by atoms with van der Waals surface area (Å²) in [7, 11) is -2.78. The van der Waals surface area contributed by atoms with E-state index in [1.165, 1.54) is 0 Å². The molecule has 0 saturated carbocycles. The van der Waals surface area contributed by atoms with Crippen LogP contribution in [0.1, 0.15) is 31.7 Å². The maximum atomic E-state index is 14.4. The highest BCUT2D eigenvalue weighted by Crippen LogP contribution is 2.60. The Hall–Kier alpha value is -2.56. The Kier molecular flexibility index (Phi) is 7.01. The Morgan fingerprint density at radius 3 is 2.65 bits per heavy atom. The summed E-state index contributed by atoms with van der Waals surface area (Å²) in [5.41, 5.74) is 1.18. The molecule has 4 N–H and O–H groups in total. The topological polar surface area (TPSA) is 111 Å². The molecule has 1 unspecified atom stereocenters. The van der Waals surface area contributed by atoms with E-state index in [4.69, 9.17) is 4.74 Å². The summed E-state index contributed by atoms with van der Waals surface area (Å²) in [5, 5.41) is 16.1. The predicted molar refractivity (Wildman–Crippen MR) is 145 cm³/mol. The van der Waals surface area contributed by atoms with E-state index in [0.29, 0.717) is 29.9 Å². The molecule has 37 heavy (non-hydrogen) atoms. The number of anilines is 3. The van der Waals surface area contributed by atoms with Crippen LogP contribution in [0.5, 0.6) is 0 Å². The van der Waals surface area contributed by atoms with Crippen LogP contribution in [0.25, 0.3) is 0 Å². The third-order valence-corrected chi connectivity index (χ3v) is 10.8. The monoisotopic (exact) mass is 523 g/mol. The number of aliphatic hydroxyl groups excluding tert-OH is 1. The quantitative estimate of drug-likeness (QED) is 0.432. The number of benzene rings is 2. The van der Waals surface area contributed by atoms with Gasteiger partial charge in [-0.1, -0.05) is 25.1 Å². The lowest BCUT2D eigenvalue weighted by Crippen LogP contribution is -2.45. The van der Waals surface area contributed by atoms with Crippen molar-refractivity contribution in [2.24, 2.45) is 11.8 Å². The van der Waals surface area contributed by atoms with Gasteiger partial charge >= 0.3 is 0 Å². The molecule has 2 amide bonds. The van der Waals surface area contributed by atoms with Gasteiger partial charge in [0, 0.05) is 41.5 Å². The van der Waals surface area contributed by atoms with E-state index in [0.717, 1.165) is 25.1 Å². The van der Waals surface area contributed by atoms with E-state index in [9.17, 15) is 19.5 Å². The number of nitrogens with one attached hydrogen (secondary N) is 2. The lowest BCUT2D eigenvalue weighted by molar-refractivity contribution is -0.145. The molecule has 5 rings (SSSR count). The Morgan fingerprint density at radius 2 is 2.00 bits per heavy atom. The fraction of sp³-hybridized carbons (Fsp3) is 0.500. The number of fused-ring (bicyclic) bond motifs is 2. The van der Waals surface area contributed by atoms with Crippen LogP contribution in [-0.2, 0) is 19.9 Å². The second-order valence-electron chi connectivity index (χ2n) is 11.1. The SMILES string of the molecule is C[C@@H]1[C@@H]([Si](C)(C)O)[C@H](CCO)O[C@@]12C(=O)N(c1ccccc1)c1ccc(NC(=O)C3CCCNC3)cc12. The van der Waals surface area contributed by atoms with Crippen LogP contribution in [0.15, 0.2) is 48.5 Å². The molecule has 1 spiro atoms. The van der Waals surface area contributed by atoms with Gasteiger partial charge in [-0.3, -0.25) is 14.5 Å². The molecule has 3 heterocycles. The highest BCUT2D eigenvalue weighted by Gasteiger charge is 2.66. The minimum Gasteiger partial charge on any atom is -0.432 e. The molecule has 0 radical (unpaired) electrons. The highest BCUT2D eigenvalue weighted by atomic mass is 28.4. The first-order valence-corrected chi connectivity index (χ1v) is 16.3. The summed E-state index contributed by atoms with van der Waals surface area (Å²) in [6.07, 6.45) is 1.69. The van der Waals surface area contributed by atoms with Crippen molar-refractivity contribution in [3.8, 4) is 0 Å². The minimum atomic E-state index is -2.78. The number of hydrogen-bond acceptors (Lipinski definition) is 6. The maximum absolute atomic E-state index is 14.4. The molecular weight excluding hydrogens is 486 g/mol. The van der Waals surface area contributed by atoms with E-state index < -0.39 is 20.0 Å². The van der Waals surface area contributed by atoms with Crippen molar-refractivity contribution in [1.82, 2.24) is 5.32 Å². The fourth-order valence-electron chi connectivity index (χ4n) is 6.63. The summed E-state index contributed by atoms with van der Waals surface area (Å²) in [6, 6.07) is 15.0. The van der Waals surface area contributed by atoms with Gasteiger partial charge in [-0.15, -0.1) is 0 Å². The number of piperidine rings is 1. The number of hydrogen-bond donors (Lipinski definition) is 4. The van der Waals surface area contributed by atoms with E-state index in [1.807, 2.05) is 68.5 Å². The van der Waals surface area contributed by atoms with Gasteiger partial charge in [0.05, 0.1) is 17.7 Å². The Labute approximate surface area is 219 Å². The van der Waals surface area contributed by atoms with Gasteiger partial charge in [-0.25, -0.2) is 0 Å². The van der Waals surface area contributed by atoms with Crippen LogP contribution in [0.4, 0.5) is 17.1 Å². The summed E-state index contributed by atoms with van der Waals surface area (Å²) in [6.45, 7) is 7.20. The standard InChI is InChI=1S/C28H37N3O5Si/c1-18-25(37(2,3)35)24(13-15-32)36-28(18)22-16-20(30-26(33)19-8-7-14-29-17-19)11-12-23(22)31(27(28)34)21-9-5-4-6-10-21/h4-6,9-12,16,18-19,24-25,29,32,35H,7-8,13-15,17H2,1-3H3,(H,30,33)/t18-,19?,24+,25-,28+/m1/s1. The predicted octanol–water partition coefficient (Wildman–Crippen LogP) is 3.48. The van der Waals surface area contributed by atoms with Crippen molar-refractivity contribution >= 4 is 37.2 Å². The van der Waals surface area contributed by atoms with Gasteiger partial charge in [0.25, 0.3) is 5.91 Å². The van der Waals surface area contributed by atoms with Crippen LogP contribution in [-0.4, -0.2) is 55.8 Å². The van der Waals surface area contributed by atoms with Crippen LogP contribution < -0.4 is 15.5 Å². The number of aliphatic hydroxyl groups is 1. The first-order valence-electron chi connectivity index (χ1n) is 13.2. The van der Waals surface area contributed by atoms with Gasteiger partial charge in [0.2, 0.25) is 5.91 Å². The van der Waals surface area contributed by atoms with Crippen LogP contribution >= 0.6 is 0 Å². The zero-order valence-corrected chi connectivity index (χ0v) is 22.7. The average molecular weight is 524 g/mol. The van der Waals surface area contributed by atoms with E-state index in [1.54, 1.807) is 4.90 Å². The molecule has 198 valence electrons. The highest BCUT2D eigenvalue weighted by molar-refractivity contribution is 6.71. The molecule has 0 aliphatic carbocycles. The molecule has 2 aromatic rings. The maximum Gasteiger partial charge on any atom is 0.268 e. The number of carbonyl (C=O) groups excluding carboxylic acids is 2. The smallest absolute Gasteiger partial charge is 0.268 e. The number of ether oxygens (including phenoxy) is 1. The number of amides is 2. The summed E-state index contributed by atoms with van der Waals surface area (Å²) < 4.78 is 6.67. The van der Waals surface area contributed by atoms with Crippen molar-refractivity contribution in [2.75, 3.05) is 29.9 Å². The van der Waals surface area contributed by atoms with Gasteiger partial charge in [0.15, 0.2) is 13.9 Å². The lowest BCUT2D eigenvalue weighted by Gasteiger charge is -2.32. The van der Waals surface area contributed by atoms with Crippen molar-refractivity contribution in [3.63, 3.8) is 0 Å². The molecular formula is C28H37N3O5Si. The number of para-hydroxylation sites is 1. The molecule has 9 heteroatoms. The summed E-state index contributed by atoms with van der Waals surface area (Å²) >= 11 is 0. The first kappa shape index (κ1) is 26.1. The number of carbonyl (C=O) groups is 2. The van der Waals surface area contributed by atoms with Crippen molar-refractivity contribution in [2.45, 2.75) is 56.5 Å². The van der Waals surface area contributed by atoms with Crippen LogP contribution in [0, 0.1) is 11.8 Å². The molecule has 0 bridgehead atoms. The molecule has 2 saturated heterocycles. The second-order valence-corrected chi connectivity index (χ2v) is 15.1. The van der Waals surface area contributed by atoms with Gasteiger partial charge in [0.1, 0.15) is 0 Å². The van der Waals surface area contributed by atoms with Crippen LogP contribution in [0.3, 0.4) is 0 Å². The molecule has 8 nitrogen and oxygen atoms in total. The van der Waals surface area contributed by atoms with E-state index in [2.05, 4.69) is 10.6 Å². The summed E-state index contributed by atoms with van der Waals surface area (Å²) in [5.74, 6) is -0.667. The van der Waals surface area contributed by atoms with Crippen LogP contribution in [0.2, 0.25) is 18.6 Å². The first-order chi connectivity index (χ1) is 17.7. The molecule has 0 aromatic heterocycles. The second kappa shape index (κ2) is 9.96. The number of rotatable bonds is 6. The normalized spacial score (nSPS) is 29.5. The fourth-order valence-corrected chi connectivity index (χ4v) is 9.23. The average Bonchev–Trinajstić information content (AvgIpc) is 3.31. The minimum absolute atomic E-state index is 0.0363. The molecule has 5 atom stereocenters. The largest absolute Gasteiger partial charge is 0.432 e. The molecule has 3 aliphatic rings. The summed E-state index contributed by atoms with van der Waals surface area (Å²) in [4.78, 5) is 40.3. The van der Waals surface area contributed by atoms with Crippen molar-refractivity contribution < 1.29 is 24.2 Å². The van der Waals surface area contributed by atoms with Crippen molar-refractivity contribution in [3.05, 3.63) is 54.1 Å². The molecule has 2 aromatic carbocycles. The van der Waals surface area contributed by atoms with Gasteiger partial charge in [-0.05, 0) is 69.2 Å². The lowest BCUT2D eigenvalue weighted by atomic mass is 9.82.